The van der Waals surface area contributed by atoms with Gasteiger partial charge in [-0.3, -0.25) is 14.4 Å². The van der Waals surface area contributed by atoms with Crippen molar-refractivity contribution in [2.75, 3.05) is 25.7 Å². The van der Waals surface area contributed by atoms with E-state index in [9.17, 15) is 14.4 Å². The number of pyridine rings is 1. The maximum absolute atomic E-state index is 13.0. The van der Waals surface area contributed by atoms with Crippen LogP contribution >= 0.6 is 11.8 Å². The van der Waals surface area contributed by atoms with E-state index in [1.807, 2.05) is 30.5 Å². The third kappa shape index (κ3) is 6.29. The van der Waals surface area contributed by atoms with Crippen LogP contribution in [0.15, 0.2) is 58.0 Å². The zero-order valence-electron chi connectivity index (χ0n) is 18.8. The van der Waals surface area contributed by atoms with Crippen molar-refractivity contribution in [3.63, 3.8) is 0 Å². The van der Waals surface area contributed by atoms with E-state index in [1.54, 1.807) is 42.5 Å². The summed E-state index contributed by atoms with van der Waals surface area (Å²) in [6.45, 7) is 2.66. The standard InChI is InChI=1S/C24H27N3O5S/c1-16-8-9-18(32-16)12-26-24(30)20-15-27(13-17-6-4-5-7-21(17)31-2)14-19(22(20)28)23(29)25-10-11-33-3/h4-9,14-15H,10-13H2,1-3H3,(H,25,29)(H,26,30). The van der Waals surface area contributed by atoms with Crippen LogP contribution in [0.25, 0.3) is 0 Å². The fourth-order valence-corrected chi connectivity index (χ4v) is 3.59. The van der Waals surface area contributed by atoms with Gasteiger partial charge in [-0.15, -0.1) is 0 Å². The lowest BCUT2D eigenvalue weighted by Crippen LogP contribution is -2.36. The Morgan fingerprint density at radius 2 is 1.76 bits per heavy atom. The summed E-state index contributed by atoms with van der Waals surface area (Å²) < 4.78 is 12.5. The number of aryl methyl sites for hydroxylation is 1. The number of amides is 2. The van der Waals surface area contributed by atoms with E-state index in [1.165, 1.54) is 12.4 Å². The summed E-state index contributed by atoms with van der Waals surface area (Å²) in [5.41, 5.74) is 0.00838. The largest absolute Gasteiger partial charge is 0.496 e. The van der Waals surface area contributed by atoms with E-state index in [4.69, 9.17) is 9.15 Å². The minimum atomic E-state index is -0.624. The highest BCUT2D eigenvalue weighted by molar-refractivity contribution is 7.98. The molecule has 0 bridgehead atoms. The van der Waals surface area contributed by atoms with Gasteiger partial charge in [-0.1, -0.05) is 18.2 Å². The monoisotopic (exact) mass is 469 g/mol. The number of nitrogens with zero attached hydrogens (tertiary/aromatic N) is 1. The first-order valence-electron chi connectivity index (χ1n) is 10.4. The number of methoxy groups -OCH3 is 1. The third-order valence-electron chi connectivity index (χ3n) is 4.92. The van der Waals surface area contributed by atoms with Gasteiger partial charge in [-0.05, 0) is 31.4 Å². The van der Waals surface area contributed by atoms with Crippen LogP contribution in [0.1, 0.15) is 37.8 Å². The van der Waals surface area contributed by atoms with Crippen LogP contribution in [-0.2, 0) is 13.1 Å². The van der Waals surface area contributed by atoms with E-state index in [0.717, 1.165) is 11.3 Å². The molecule has 3 aromatic rings. The smallest absolute Gasteiger partial charge is 0.257 e. The lowest BCUT2D eigenvalue weighted by molar-refractivity contribution is 0.0945. The maximum atomic E-state index is 13.0. The van der Waals surface area contributed by atoms with Gasteiger partial charge in [0.15, 0.2) is 0 Å². The maximum Gasteiger partial charge on any atom is 0.257 e. The molecule has 2 aromatic heterocycles. The summed E-state index contributed by atoms with van der Waals surface area (Å²) in [4.78, 5) is 38.6. The van der Waals surface area contributed by atoms with Crippen molar-refractivity contribution in [2.45, 2.75) is 20.0 Å². The van der Waals surface area contributed by atoms with Gasteiger partial charge in [0.05, 0.1) is 20.2 Å². The van der Waals surface area contributed by atoms with Crippen LogP contribution in [-0.4, -0.2) is 42.0 Å². The van der Waals surface area contributed by atoms with E-state index < -0.39 is 17.2 Å². The van der Waals surface area contributed by atoms with Crippen molar-refractivity contribution in [3.05, 3.63) is 87.2 Å². The quantitative estimate of drug-likeness (QED) is 0.443. The lowest BCUT2D eigenvalue weighted by Gasteiger charge is -2.14. The number of carbonyl (C=O) groups is 2. The Morgan fingerprint density at radius 1 is 1.06 bits per heavy atom. The van der Waals surface area contributed by atoms with Crippen LogP contribution in [0.4, 0.5) is 0 Å². The van der Waals surface area contributed by atoms with E-state index in [0.29, 0.717) is 30.4 Å². The van der Waals surface area contributed by atoms with Gasteiger partial charge in [0, 0.05) is 30.3 Å². The van der Waals surface area contributed by atoms with Gasteiger partial charge in [0.2, 0.25) is 5.43 Å². The Bertz CT molecular complexity index is 1180. The Labute approximate surface area is 196 Å². The minimum absolute atomic E-state index is 0.0903. The highest BCUT2D eigenvalue weighted by atomic mass is 32.2. The Hall–Kier alpha value is -3.46. The van der Waals surface area contributed by atoms with Crippen molar-refractivity contribution in [2.24, 2.45) is 0 Å². The van der Waals surface area contributed by atoms with E-state index >= 15 is 0 Å². The highest BCUT2D eigenvalue weighted by Crippen LogP contribution is 2.18. The summed E-state index contributed by atoms with van der Waals surface area (Å²) in [6, 6.07) is 11.0. The summed E-state index contributed by atoms with van der Waals surface area (Å²) >= 11 is 1.58. The normalized spacial score (nSPS) is 10.6. The molecule has 0 spiro atoms. The van der Waals surface area contributed by atoms with Gasteiger partial charge in [0.25, 0.3) is 11.8 Å². The molecular weight excluding hydrogens is 442 g/mol. The van der Waals surface area contributed by atoms with Gasteiger partial charge in [-0.25, -0.2) is 0 Å². The highest BCUT2D eigenvalue weighted by Gasteiger charge is 2.20. The predicted octanol–water partition coefficient (Wildman–Crippen LogP) is 2.83. The number of hydrogen-bond acceptors (Lipinski definition) is 6. The first-order chi connectivity index (χ1) is 15.9. The molecular formula is C24H27N3O5S. The molecule has 33 heavy (non-hydrogen) atoms. The lowest BCUT2D eigenvalue weighted by atomic mass is 10.1. The number of para-hydroxylation sites is 1. The summed E-state index contributed by atoms with van der Waals surface area (Å²) in [7, 11) is 1.57. The number of furan rings is 1. The molecule has 0 atom stereocenters. The number of hydrogen-bond donors (Lipinski definition) is 2. The summed E-state index contributed by atoms with van der Waals surface area (Å²) in [5.74, 6) is 1.58. The van der Waals surface area contributed by atoms with Crippen LogP contribution in [0, 0.1) is 6.92 Å². The van der Waals surface area contributed by atoms with Gasteiger partial charge >= 0.3 is 0 Å². The SMILES string of the molecule is COc1ccccc1Cn1cc(C(=O)NCCSC)c(=O)c(C(=O)NCc2ccc(C)o2)c1. The molecule has 2 amide bonds. The first-order valence-corrected chi connectivity index (χ1v) is 11.8. The van der Waals surface area contributed by atoms with Crippen molar-refractivity contribution >= 4 is 23.6 Å². The minimum Gasteiger partial charge on any atom is -0.496 e. The number of aromatic nitrogens is 1. The van der Waals surface area contributed by atoms with Gasteiger partial charge in [0.1, 0.15) is 28.4 Å². The summed E-state index contributed by atoms with van der Waals surface area (Å²) in [5, 5.41) is 5.43. The number of thioether (sulfide) groups is 1. The average Bonchev–Trinajstić information content (AvgIpc) is 3.24. The number of carbonyl (C=O) groups excluding carboxylic acids is 2. The number of nitrogens with one attached hydrogen (secondary N) is 2. The second kappa shape index (κ2) is 11.4. The molecule has 8 nitrogen and oxygen atoms in total. The molecule has 0 aliphatic heterocycles. The van der Waals surface area contributed by atoms with Crippen LogP contribution < -0.4 is 20.8 Å². The van der Waals surface area contributed by atoms with Gasteiger partial charge in [-0.2, -0.15) is 11.8 Å². The molecule has 2 heterocycles. The topological polar surface area (TPSA) is 103 Å². The van der Waals surface area contributed by atoms with Gasteiger partial charge < -0.3 is 24.4 Å². The van der Waals surface area contributed by atoms with Crippen LogP contribution in [0.5, 0.6) is 5.75 Å². The summed E-state index contributed by atoms with van der Waals surface area (Å²) in [6.07, 6.45) is 4.85. The van der Waals surface area contributed by atoms with Crippen molar-refractivity contribution in [1.82, 2.24) is 15.2 Å². The molecule has 0 fully saturated rings. The third-order valence-corrected chi connectivity index (χ3v) is 5.54. The predicted molar refractivity (Wildman–Crippen MR) is 128 cm³/mol. The van der Waals surface area contributed by atoms with Crippen molar-refractivity contribution in [1.29, 1.82) is 0 Å². The van der Waals surface area contributed by atoms with E-state index in [2.05, 4.69) is 10.6 Å². The number of benzene rings is 1. The van der Waals surface area contributed by atoms with Crippen molar-refractivity contribution < 1.29 is 18.7 Å². The van der Waals surface area contributed by atoms with E-state index in [-0.39, 0.29) is 17.7 Å². The molecule has 0 saturated heterocycles. The Balaban J connectivity index is 1.93. The molecule has 3 rings (SSSR count). The second-order valence-corrected chi connectivity index (χ2v) is 8.33. The fraction of sp³-hybridized carbons (Fsp3) is 0.292. The zero-order chi connectivity index (χ0) is 23.8. The molecule has 0 saturated carbocycles. The average molecular weight is 470 g/mol. The van der Waals surface area contributed by atoms with Crippen LogP contribution in [0.2, 0.25) is 0 Å². The molecule has 0 aliphatic carbocycles. The van der Waals surface area contributed by atoms with Crippen molar-refractivity contribution in [3.8, 4) is 5.75 Å². The number of ether oxygens (including phenoxy) is 1. The molecule has 0 aliphatic rings. The molecule has 1 aromatic carbocycles. The first kappa shape index (κ1) is 24.2. The van der Waals surface area contributed by atoms with Crippen LogP contribution in [0.3, 0.4) is 0 Å². The Kier molecular flexibility index (Phi) is 8.37. The fourth-order valence-electron chi connectivity index (χ4n) is 3.28. The zero-order valence-corrected chi connectivity index (χ0v) is 19.7. The molecule has 0 unspecified atom stereocenters. The Morgan fingerprint density at radius 3 is 2.39 bits per heavy atom. The number of rotatable bonds is 10. The molecule has 9 heteroatoms. The molecule has 0 radical (unpaired) electrons. The molecule has 174 valence electrons. The molecule has 2 N–H and O–H groups in total. The second-order valence-electron chi connectivity index (χ2n) is 7.34.